The minimum absolute atomic E-state index is 0.103. The number of carbonyl (C=O) groups excluding carboxylic acids is 1. The van der Waals surface area contributed by atoms with Crippen molar-refractivity contribution in [1.82, 2.24) is 29.7 Å². The molecular formula is C20H32N7O6P. The van der Waals surface area contributed by atoms with Gasteiger partial charge in [0.1, 0.15) is 30.3 Å². The molecule has 1 aliphatic rings. The number of esters is 1. The summed E-state index contributed by atoms with van der Waals surface area (Å²) in [6.07, 6.45) is 4.53. The maximum Gasteiger partial charge on any atom is 0.323 e. The molecule has 3 rings (SSSR count). The van der Waals surface area contributed by atoms with E-state index < -0.39 is 37.6 Å². The molecule has 5 N–H and O–H groups in total. The fourth-order valence-corrected chi connectivity index (χ4v) is 5.71. The number of nitrogens with zero attached hydrogens (tertiary/aromatic N) is 4. The van der Waals surface area contributed by atoms with Crippen LogP contribution in [0.15, 0.2) is 12.7 Å². The van der Waals surface area contributed by atoms with E-state index in [1.165, 1.54) is 6.33 Å². The first-order valence-electron chi connectivity index (χ1n) is 11.2. The van der Waals surface area contributed by atoms with Crippen LogP contribution in [0.3, 0.4) is 0 Å². The molecule has 1 aliphatic carbocycles. The van der Waals surface area contributed by atoms with Gasteiger partial charge in [-0.15, -0.1) is 0 Å². The van der Waals surface area contributed by atoms with Crippen LogP contribution in [-0.4, -0.2) is 67.2 Å². The Balaban J connectivity index is 1.64. The Hall–Kier alpha value is -2.60. The van der Waals surface area contributed by atoms with Gasteiger partial charge in [-0.1, -0.05) is 0 Å². The van der Waals surface area contributed by atoms with E-state index in [0.717, 1.165) is 19.3 Å². The van der Waals surface area contributed by atoms with E-state index in [1.54, 1.807) is 31.7 Å². The highest BCUT2D eigenvalue weighted by Gasteiger charge is 2.32. The molecule has 0 spiro atoms. The van der Waals surface area contributed by atoms with Gasteiger partial charge in [0.2, 0.25) is 7.44 Å². The van der Waals surface area contributed by atoms with E-state index in [9.17, 15) is 14.2 Å². The summed E-state index contributed by atoms with van der Waals surface area (Å²) < 4.78 is 26.6. The number of carboxylic acids is 1. The second-order valence-electron chi connectivity index (χ2n) is 8.64. The van der Waals surface area contributed by atoms with Crippen molar-refractivity contribution < 1.29 is 28.7 Å². The minimum atomic E-state index is -3.53. The number of hydrogen-bond donors (Lipinski definition) is 4. The van der Waals surface area contributed by atoms with Gasteiger partial charge in [-0.25, -0.2) is 25.1 Å². The van der Waals surface area contributed by atoms with E-state index in [-0.39, 0.29) is 24.7 Å². The summed E-state index contributed by atoms with van der Waals surface area (Å²) in [7, 11) is -3.53. The second kappa shape index (κ2) is 11.2. The minimum Gasteiger partial charge on any atom is -0.481 e. The fraction of sp³-hybridized carbons (Fsp3) is 0.650. The Morgan fingerprint density at radius 2 is 2.00 bits per heavy atom. The van der Waals surface area contributed by atoms with Gasteiger partial charge in [-0.3, -0.25) is 14.2 Å². The van der Waals surface area contributed by atoms with E-state index in [0.29, 0.717) is 17.7 Å². The smallest absolute Gasteiger partial charge is 0.323 e. The van der Waals surface area contributed by atoms with E-state index in [1.807, 2.05) is 0 Å². The first-order chi connectivity index (χ1) is 16.1. The Labute approximate surface area is 197 Å². The average molecular weight is 497 g/mol. The number of carboxylic acid groups (broad SMARTS) is 1. The summed E-state index contributed by atoms with van der Waals surface area (Å²) >= 11 is 0. The van der Waals surface area contributed by atoms with Gasteiger partial charge >= 0.3 is 11.9 Å². The number of nitrogens with two attached hydrogens (primary N) is 1. The molecule has 1 saturated carbocycles. The number of nitrogens with one attached hydrogen (secondary N) is 2. The van der Waals surface area contributed by atoms with Crippen LogP contribution in [0.5, 0.6) is 0 Å². The molecule has 2 heterocycles. The first-order valence-corrected chi connectivity index (χ1v) is 13.1. The highest BCUT2D eigenvalue weighted by molar-refractivity contribution is 7.59. The number of hydrogen-bond acceptors (Lipinski definition) is 9. The van der Waals surface area contributed by atoms with Gasteiger partial charge in [-0.2, -0.15) is 0 Å². The normalized spacial score (nSPS) is 18.6. The van der Waals surface area contributed by atoms with Crippen LogP contribution < -0.4 is 15.9 Å². The molecule has 0 aromatic carbocycles. The van der Waals surface area contributed by atoms with E-state index in [2.05, 4.69) is 25.1 Å². The molecule has 0 saturated heterocycles. The largest absolute Gasteiger partial charge is 0.481 e. The molecule has 0 amide bonds. The number of anilines is 1. The van der Waals surface area contributed by atoms with Crippen LogP contribution in [0.4, 0.5) is 5.82 Å². The quantitative estimate of drug-likeness (QED) is 0.231. The summed E-state index contributed by atoms with van der Waals surface area (Å²) in [6, 6.07) is -1.49. The van der Waals surface area contributed by atoms with Crippen LogP contribution in [0, 0.1) is 0 Å². The highest BCUT2D eigenvalue weighted by Crippen LogP contribution is 2.38. The molecule has 0 aliphatic heterocycles. The molecule has 2 aromatic rings. The second-order valence-corrected chi connectivity index (χ2v) is 10.9. The maximum absolute atomic E-state index is 13.6. The Morgan fingerprint density at radius 3 is 2.65 bits per heavy atom. The van der Waals surface area contributed by atoms with Gasteiger partial charge in [0.15, 0.2) is 11.5 Å². The number of aliphatic carboxylic acids is 1. The fourth-order valence-electron chi connectivity index (χ4n) is 3.49. The van der Waals surface area contributed by atoms with E-state index in [4.69, 9.17) is 20.3 Å². The summed E-state index contributed by atoms with van der Waals surface area (Å²) in [6.45, 7) is 5.29. The summed E-state index contributed by atoms with van der Waals surface area (Å²) in [5.74, 6) is -1.27. The van der Waals surface area contributed by atoms with Gasteiger partial charge < -0.3 is 24.9 Å². The predicted molar refractivity (Wildman–Crippen MR) is 124 cm³/mol. The molecule has 13 nitrogen and oxygen atoms in total. The lowest BCUT2D eigenvalue weighted by atomic mass is 9.96. The van der Waals surface area contributed by atoms with Crippen LogP contribution >= 0.6 is 7.44 Å². The zero-order valence-electron chi connectivity index (χ0n) is 19.5. The molecule has 1 fully saturated rings. The van der Waals surface area contributed by atoms with Crippen molar-refractivity contribution in [2.45, 2.75) is 77.3 Å². The van der Waals surface area contributed by atoms with Crippen molar-refractivity contribution in [2.24, 2.45) is 0 Å². The average Bonchev–Trinajstić information content (AvgIpc) is 3.12. The molecule has 4 atom stereocenters. The molecule has 2 aromatic heterocycles. The molecule has 0 radical (unpaired) electrons. The molecule has 34 heavy (non-hydrogen) atoms. The van der Waals surface area contributed by atoms with Gasteiger partial charge in [-0.05, 0) is 40.0 Å². The monoisotopic (exact) mass is 497 g/mol. The lowest BCUT2D eigenvalue weighted by Gasteiger charge is -2.30. The van der Waals surface area contributed by atoms with Crippen molar-refractivity contribution in [2.75, 3.05) is 12.1 Å². The number of rotatable bonds is 13. The Bertz CT molecular complexity index is 1060. The third-order valence-electron chi connectivity index (χ3n) is 5.42. The SMILES string of the molecule is CC(Cn1cnc2c(N)ncnc21)OC[P@@](=O)(NC(C)C(=O)OC1CCC1)N[C@H](C)CC(=O)O. The van der Waals surface area contributed by atoms with Crippen LogP contribution in [-0.2, 0) is 30.2 Å². The molecular weight excluding hydrogens is 465 g/mol. The van der Waals surface area contributed by atoms with E-state index >= 15 is 0 Å². The third kappa shape index (κ3) is 6.95. The number of aromatic nitrogens is 4. The molecule has 0 bridgehead atoms. The number of ether oxygens (including phenoxy) is 2. The number of carbonyl (C=O) groups is 2. The number of nitrogen functional groups attached to an aromatic ring is 1. The Kier molecular flexibility index (Phi) is 8.58. The van der Waals surface area contributed by atoms with Gasteiger partial charge in [0.05, 0.1) is 25.4 Å². The van der Waals surface area contributed by atoms with Gasteiger partial charge in [0.25, 0.3) is 0 Å². The topological polar surface area (TPSA) is 184 Å². The molecule has 188 valence electrons. The Morgan fingerprint density at radius 1 is 1.26 bits per heavy atom. The van der Waals surface area contributed by atoms with Gasteiger partial charge in [0, 0.05) is 6.04 Å². The van der Waals surface area contributed by atoms with Crippen molar-refractivity contribution in [3.63, 3.8) is 0 Å². The van der Waals surface area contributed by atoms with Crippen LogP contribution in [0.2, 0.25) is 0 Å². The number of fused-ring (bicyclic) bond motifs is 1. The van der Waals surface area contributed by atoms with Crippen molar-refractivity contribution >= 4 is 36.4 Å². The number of imidazole rings is 1. The van der Waals surface area contributed by atoms with Crippen molar-refractivity contribution in [3.8, 4) is 0 Å². The summed E-state index contributed by atoms with van der Waals surface area (Å²) in [5.41, 5.74) is 6.84. The maximum atomic E-state index is 13.6. The molecule has 14 heteroatoms. The first kappa shape index (κ1) is 26.0. The van der Waals surface area contributed by atoms with Crippen molar-refractivity contribution in [3.05, 3.63) is 12.7 Å². The van der Waals surface area contributed by atoms with Crippen LogP contribution in [0.1, 0.15) is 46.5 Å². The predicted octanol–water partition coefficient (Wildman–Crippen LogP) is 1.49. The summed E-state index contributed by atoms with van der Waals surface area (Å²) in [5, 5.41) is 14.7. The third-order valence-corrected chi connectivity index (χ3v) is 7.60. The zero-order valence-corrected chi connectivity index (χ0v) is 20.4. The zero-order chi connectivity index (χ0) is 24.9. The highest BCUT2D eigenvalue weighted by atomic mass is 31.2. The lowest BCUT2D eigenvalue weighted by molar-refractivity contribution is -0.154. The summed E-state index contributed by atoms with van der Waals surface area (Å²) in [4.78, 5) is 35.8. The molecule has 2 unspecified atom stereocenters. The van der Waals surface area contributed by atoms with Crippen molar-refractivity contribution in [1.29, 1.82) is 0 Å². The lowest BCUT2D eigenvalue weighted by Crippen LogP contribution is -2.42. The standard InChI is InChI=1S/C20H32N7O6P/c1-12(7-16(28)29)25-34(31,26-14(3)20(30)33-15-5-4-6-15)11-32-13(2)8-27-10-24-17-18(21)22-9-23-19(17)27/h9-10,12-15H,4-8,11H2,1-3H3,(H,28,29)(H2,21,22,23)(H2,25,26,31)/t12-,13?,14?,34+/m1/s1. The van der Waals surface area contributed by atoms with Crippen LogP contribution in [0.25, 0.3) is 11.2 Å².